The minimum atomic E-state index is -0.653. The maximum absolute atomic E-state index is 12.7. The predicted octanol–water partition coefficient (Wildman–Crippen LogP) is 6.99. The van der Waals surface area contributed by atoms with Crippen molar-refractivity contribution in [1.82, 2.24) is 21.3 Å². The number of nitrogens with two attached hydrogens (primary N) is 1. The van der Waals surface area contributed by atoms with Gasteiger partial charge in [0, 0.05) is 84.5 Å². The molecule has 3 heterocycles. The van der Waals surface area contributed by atoms with Gasteiger partial charge in [0.15, 0.2) is 11.5 Å². The molecule has 5 aliphatic rings. The Morgan fingerprint density at radius 2 is 1.84 bits per heavy atom. The molecule has 4 aromatic rings. The van der Waals surface area contributed by atoms with Gasteiger partial charge in [-0.25, -0.2) is 0 Å². The average molecular weight is 937 g/mol. The molecular formula is C56H68N6O7. The Hall–Kier alpha value is -6.17. The van der Waals surface area contributed by atoms with E-state index in [0.717, 1.165) is 100 Å². The number of carbonyl (C=O) groups is 1. The average Bonchev–Trinajstić information content (AvgIpc) is 3.92. The van der Waals surface area contributed by atoms with E-state index in [9.17, 15) is 15.0 Å². The Morgan fingerprint density at radius 3 is 2.59 bits per heavy atom. The number of anilines is 1. The molecule has 1 saturated carbocycles. The van der Waals surface area contributed by atoms with Gasteiger partial charge in [0.2, 0.25) is 0 Å². The van der Waals surface area contributed by atoms with E-state index in [4.69, 9.17) is 24.7 Å². The molecule has 6 unspecified atom stereocenters. The molecular weight excluding hydrogens is 869 g/mol. The molecule has 2 aliphatic carbocycles. The number of para-hydroxylation sites is 1. The van der Waals surface area contributed by atoms with Crippen molar-refractivity contribution >= 4 is 11.7 Å². The summed E-state index contributed by atoms with van der Waals surface area (Å²) in [6.45, 7) is 5.86. The summed E-state index contributed by atoms with van der Waals surface area (Å²) >= 11 is 0. The highest BCUT2D eigenvalue weighted by Crippen LogP contribution is 2.63. The zero-order valence-electron chi connectivity index (χ0n) is 40.8. The number of dihydropyridines is 1. The van der Waals surface area contributed by atoms with Gasteiger partial charge in [-0.2, -0.15) is 0 Å². The number of aryl methyl sites for hydroxylation is 1. The van der Waals surface area contributed by atoms with Gasteiger partial charge in [-0.3, -0.25) is 4.79 Å². The number of aromatic hydroxyl groups is 2. The number of allylic oxidation sites excluding steroid dienone is 3. The van der Waals surface area contributed by atoms with Crippen LogP contribution in [0.5, 0.6) is 28.7 Å². The van der Waals surface area contributed by atoms with Crippen LogP contribution in [0.3, 0.4) is 0 Å². The molecule has 0 radical (unpaired) electrons. The van der Waals surface area contributed by atoms with Gasteiger partial charge in [0.05, 0.1) is 24.9 Å². The van der Waals surface area contributed by atoms with Crippen molar-refractivity contribution in [3.63, 3.8) is 0 Å². The molecule has 0 saturated heterocycles. The third-order valence-corrected chi connectivity index (χ3v) is 15.0. The lowest BCUT2D eigenvalue weighted by Gasteiger charge is -2.40. The van der Waals surface area contributed by atoms with E-state index in [-0.39, 0.29) is 48.4 Å². The van der Waals surface area contributed by atoms with Gasteiger partial charge >= 0.3 is 5.97 Å². The number of hydrogen-bond donors (Lipinski definition) is 8. The zero-order chi connectivity index (χ0) is 48.4. The fourth-order valence-electron chi connectivity index (χ4n) is 12.2. The van der Waals surface area contributed by atoms with Crippen molar-refractivity contribution in [1.29, 1.82) is 0 Å². The number of nitrogens with one attached hydrogen (secondary N) is 5. The predicted molar refractivity (Wildman–Crippen MR) is 270 cm³/mol. The van der Waals surface area contributed by atoms with Crippen LogP contribution in [0, 0.1) is 23.7 Å². The number of phenolic OH excluding ortho intramolecular Hbond substituents is 2. The van der Waals surface area contributed by atoms with Gasteiger partial charge < -0.3 is 61.5 Å². The van der Waals surface area contributed by atoms with Crippen molar-refractivity contribution in [3.05, 3.63) is 117 Å². The van der Waals surface area contributed by atoms with Crippen molar-refractivity contribution in [2.45, 2.75) is 95.0 Å². The normalized spacial score (nSPS) is 22.8. The molecule has 3 aliphatic heterocycles. The Morgan fingerprint density at radius 1 is 1.03 bits per heavy atom. The number of benzene rings is 4. The fraction of sp³-hybridized carbons (Fsp3) is 0.446. The van der Waals surface area contributed by atoms with Crippen LogP contribution in [-0.4, -0.2) is 82.9 Å². The van der Waals surface area contributed by atoms with E-state index >= 15 is 0 Å². The third kappa shape index (κ3) is 9.23. The molecule has 4 aromatic carbocycles. The Balaban J connectivity index is 1.31. The van der Waals surface area contributed by atoms with Crippen LogP contribution in [0.25, 0.3) is 11.1 Å². The highest BCUT2D eigenvalue weighted by atomic mass is 16.5. The molecule has 13 nitrogen and oxygen atoms in total. The summed E-state index contributed by atoms with van der Waals surface area (Å²) in [4.78, 5) is 12.7. The zero-order valence-corrected chi connectivity index (χ0v) is 40.8. The molecule has 69 heavy (non-hydrogen) atoms. The van der Waals surface area contributed by atoms with Gasteiger partial charge in [0.25, 0.3) is 0 Å². The van der Waals surface area contributed by atoms with Crippen LogP contribution in [0.2, 0.25) is 0 Å². The van der Waals surface area contributed by atoms with Crippen LogP contribution < -0.4 is 46.5 Å². The summed E-state index contributed by atoms with van der Waals surface area (Å²) < 4.78 is 26.3. The topological polar surface area (TPSA) is 181 Å². The maximum Gasteiger partial charge on any atom is 0.302 e. The summed E-state index contributed by atoms with van der Waals surface area (Å²) in [5.41, 5.74) is 18.0. The minimum Gasteiger partial charge on any atom is -0.508 e. The van der Waals surface area contributed by atoms with Crippen molar-refractivity contribution in [3.8, 4) is 51.7 Å². The molecule has 6 atom stereocenters. The van der Waals surface area contributed by atoms with Crippen LogP contribution in [0.1, 0.15) is 90.5 Å². The monoisotopic (exact) mass is 937 g/mol. The summed E-state index contributed by atoms with van der Waals surface area (Å²) in [5, 5.41) is 40.4. The lowest BCUT2D eigenvalue weighted by Crippen LogP contribution is -2.38. The Bertz CT molecular complexity index is 2720. The first-order chi connectivity index (χ1) is 33.5. The number of methoxy groups -OCH3 is 1. The number of carbonyl (C=O) groups excluding carboxylic acids is 1. The van der Waals surface area contributed by atoms with E-state index in [2.05, 4.69) is 87.8 Å². The van der Waals surface area contributed by atoms with E-state index in [0.29, 0.717) is 43.1 Å². The lowest BCUT2D eigenvalue weighted by atomic mass is 9.64. The fourth-order valence-corrected chi connectivity index (χ4v) is 12.2. The van der Waals surface area contributed by atoms with Crippen LogP contribution in [0.4, 0.5) is 5.69 Å². The second-order valence-electron chi connectivity index (χ2n) is 19.3. The summed E-state index contributed by atoms with van der Waals surface area (Å²) in [6.07, 6.45) is 8.23. The number of fused-ring (bicyclic) bond motifs is 6. The van der Waals surface area contributed by atoms with E-state index in [1.54, 1.807) is 13.2 Å². The maximum atomic E-state index is 12.7. The smallest absolute Gasteiger partial charge is 0.302 e. The molecule has 1 spiro atoms. The molecule has 0 amide bonds. The van der Waals surface area contributed by atoms with Crippen molar-refractivity contribution in [2.24, 2.45) is 17.6 Å². The number of ether oxygens (including phenoxy) is 4. The summed E-state index contributed by atoms with van der Waals surface area (Å²) in [6, 6.07) is 18.4. The summed E-state index contributed by atoms with van der Waals surface area (Å²) in [5.74, 6) is 8.64. The first-order valence-corrected chi connectivity index (χ1v) is 24.6. The molecule has 13 heteroatoms. The van der Waals surface area contributed by atoms with E-state index < -0.39 is 23.6 Å². The molecule has 9 N–H and O–H groups in total. The lowest BCUT2D eigenvalue weighted by molar-refractivity contribution is -0.141. The van der Waals surface area contributed by atoms with Gasteiger partial charge in [-0.15, -0.1) is 0 Å². The second kappa shape index (κ2) is 20.4. The standard InChI is InChI=1S/C56H68N6O7/c1-7-61-46-13-9-8-11-33(46)15-16-38-34-21-22-56(26-34)27-35-23-36(64)24-48(66-6)51(35)42-18-17-41-45(31-67-32(2)63)54(69-55(41)52(42)56)43-25-49(68-37(28-58-3)29-59-4)53(65)44(30-60-5)39(43)12-10-14-47-40(38)19-20-50(57)62-47/h8-9,11,13,17-20,23-25,34,37-38,45,50,54,58-62,64-65H,7,12,15-16,21-22,26-31,57H2,1-6H3. The Labute approximate surface area is 406 Å². The van der Waals surface area contributed by atoms with Crippen LogP contribution in [0.15, 0.2) is 78.0 Å². The number of phenols is 2. The summed E-state index contributed by atoms with van der Waals surface area (Å²) in [7, 11) is 7.25. The first-order valence-electron chi connectivity index (χ1n) is 24.6. The molecule has 364 valence electrons. The number of likely N-dealkylation sites (N-methyl/N-ethyl adjacent to an activating group) is 2. The number of esters is 1. The highest BCUT2D eigenvalue weighted by molar-refractivity contribution is 5.84. The van der Waals surface area contributed by atoms with Crippen LogP contribution in [-0.2, 0) is 40.8 Å². The van der Waals surface area contributed by atoms with E-state index in [1.807, 2.05) is 39.4 Å². The van der Waals surface area contributed by atoms with Gasteiger partial charge in [-0.1, -0.05) is 42.3 Å². The second-order valence-corrected chi connectivity index (χ2v) is 19.3. The number of hydrogen-bond acceptors (Lipinski definition) is 13. The molecule has 0 aromatic heterocycles. The SMILES string of the molecule is CCNc1ccccc1CCC1C2=C(C#CCc3c(cc(OC(CNC)CNC)c(O)c3CNC)C3Oc4c(ccc5c4C4(CCC1C4)Cc1cc(O)cc(OC)c1-5)C3COC(C)=O)NC(N)C=C2. The Kier molecular flexibility index (Phi) is 14.2. The molecule has 9 rings (SSSR count). The largest absolute Gasteiger partial charge is 0.508 e. The molecule has 1 fully saturated rings. The quantitative estimate of drug-likeness (QED) is 0.0426. The highest BCUT2D eigenvalue weighted by Gasteiger charge is 2.52. The number of rotatable bonds is 16. The van der Waals surface area contributed by atoms with Crippen LogP contribution >= 0.6 is 0 Å². The first kappa shape index (κ1) is 47.9. The third-order valence-electron chi connectivity index (χ3n) is 15.0. The van der Waals surface area contributed by atoms with E-state index in [1.165, 1.54) is 12.5 Å². The van der Waals surface area contributed by atoms with Crippen molar-refractivity contribution < 1.29 is 34.0 Å². The van der Waals surface area contributed by atoms with Crippen molar-refractivity contribution in [2.75, 3.05) is 59.8 Å². The minimum absolute atomic E-state index is 0.0335. The van der Waals surface area contributed by atoms with Gasteiger partial charge in [-0.05, 0) is 136 Å². The van der Waals surface area contributed by atoms with Gasteiger partial charge in [0.1, 0.15) is 36.1 Å². The molecule has 4 bridgehead atoms.